The molecule has 0 heterocycles. The SMILES string of the molecule is CC(C)(C)C(NC(=O)C1(C(F)(F)F)CC1)C(C)(C)C. The first kappa shape index (κ1) is 16.3. The van der Waals surface area contributed by atoms with E-state index in [0.717, 1.165) is 0 Å². The Bertz CT molecular complexity index is 342. The lowest BCUT2D eigenvalue weighted by molar-refractivity contribution is -0.193. The predicted octanol–water partition coefficient (Wildman–Crippen LogP) is 3.91. The molecule has 0 aromatic rings. The second-order valence-electron chi connectivity index (χ2n) is 7.72. The number of carbonyl (C=O) groups excluding carboxylic acids is 1. The molecule has 0 radical (unpaired) electrons. The number of hydrogen-bond donors (Lipinski definition) is 1. The van der Waals surface area contributed by atoms with Gasteiger partial charge >= 0.3 is 6.18 Å². The summed E-state index contributed by atoms with van der Waals surface area (Å²) >= 11 is 0. The Kier molecular flexibility index (Phi) is 3.77. The van der Waals surface area contributed by atoms with Crippen molar-refractivity contribution in [3.8, 4) is 0 Å². The van der Waals surface area contributed by atoms with Gasteiger partial charge in [0.15, 0.2) is 0 Å². The Labute approximate surface area is 113 Å². The Balaban J connectivity index is 2.92. The first-order chi connectivity index (χ1) is 8.22. The summed E-state index contributed by atoms with van der Waals surface area (Å²) in [5.41, 5.74) is -2.73. The van der Waals surface area contributed by atoms with Crippen molar-refractivity contribution in [3.63, 3.8) is 0 Å². The minimum Gasteiger partial charge on any atom is -0.352 e. The number of halogens is 3. The van der Waals surface area contributed by atoms with Gasteiger partial charge in [-0.3, -0.25) is 4.79 Å². The second kappa shape index (κ2) is 4.38. The molecule has 1 fully saturated rings. The van der Waals surface area contributed by atoms with E-state index in [1.165, 1.54) is 0 Å². The molecule has 5 heteroatoms. The molecular formula is C14H24F3NO. The average molecular weight is 279 g/mol. The zero-order chi connectivity index (χ0) is 15.3. The standard InChI is InChI=1S/C14H24F3NO/c1-11(2,3)9(12(4,5)6)18-10(19)13(7-8-13)14(15,16)17/h9H,7-8H2,1-6H3,(H,18,19). The van der Waals surface area contributed by atoms with Crippen molar-refractivity contribution in [1.82, 2.24) is 5.32 Å². The van der Waals surface area contributed by atoms with E-state index in [2.05, 4.69) is 5.32 Å². The van der Waals surface area contributed by atoms with E-state index in [-0.39, 0.29) is 29.7 Å². The lowest BCUT2D eigenvalue weighted by atomic mass is 9.72. The van der Waals surface area contributed by atoms with Crippen LogP contribution in [0.4, 0.5) is 13.2 Å². The number of amides is 1. The number of hydrogen-bond acceptors (Lipinski definition) is 1. The van der Waals surface area contributed by atoms with Crippen LogP contribution >= 0.6 is 0 Å². The molecule has 0 aliphatic heterocycles. The normalized spacial score (nSPS) is 19.5. The third kappa shape index (κ3) is 3.23. The van der Waals surface area contributed by atoms with Crippen molar-refractivity contribution in [2.45, 2.75) is 66.6 Å². The van der Waals surface area contributed by atoms with E-state index in [0.29, 0.717) is 0 Å². The van der Waals surface area contributed by atoms with Gasteiger partial charge in [0.2, 0.25) is 5.91 Å². The fourth-order valence-corrected chi connectivity index (χ4v) is 2.77. The third-order valence-corrected chi connectivity index (χ3v) is 3.73. The smallest absolute Gasteiger partial charge is 0.352 e. The Morgan fingerprint density at radius 1 is 1.00 bits per heavy atom. The Morgan fingerprint density at radius 3 is 1.58 bits per heavy atom. The first-order valence-corrected chi connectivity index (χ1v) is 6.59. The molecule has 1 aliphatic rings. The van der Waals surface area contributed by atoms with Crippen LogP contribution in [0.15, 0.2) is 0 Å². The predicted molar refractivity (Wildman–Crippen MR) is 68.6 cm³/mol. The number of rotatable bonds is 2. The van der Waals surface area contributed by atoms with Crippen molar-refractivity contribution >= 4 is 5.91 Å². The molecule has 0 spiro atoms. The highest BCUT2D eigenvalue weighted by Gasteiger charge is 2.68. The summed E-state index contributed by atoms with van der Waals surface area (Å²) in [4.78, 5) is 12.0. The van der Waals surface area contributed by atoms with Crippen LogP contribution in [0.1, 0.15) is 54.4 Å². The lowest BCUT2D eigenvalue weighted by Gasteiger charge is -2.42. The van der Waals surface area contributed by atoms with E-state index < -0.39 is 17.5 Å². The molecule has 112 valence electrons. The number of nitrogens with one attached hydrogen (secondary N) is 1. The largest absolute Gasteiger partial charge is 0.403 e. The fourth-order valence-electron chi connectivity index (χ4n) is 2.77. The molecular weight excluding hydrogens is 255 g/mol. The van der Waals surface area contributed by atoms with Gasteiger partial charge in [0.1, 0.15) is 5.41 Å². The van der Waals surface area contributed by atoms with Gasteiger partial charge in [-0.05, 0) is 23.7 Å². The van der Waals surface area contributed by atoms with E-state index in [1.807, 2.05) is 41.5 Å². The van der Waals surface area contributed by atoms with Crippen molar-refractivity contribution in [2.75, 3.05) is 0 Å². The fraction of sp³-hybridized carbons (Fsp3) is 0.929. The highest BCUT2D eigenvalue weighted by atomic mass is 19.4. The summed E-state index contributed by atoms with van der Waals surface area (Å²) < 4.78 is 38.8. The van der Waals surface area contributed by atoms with Crippen LogP contribution in [0.2, 0.25) is 0 Å². The zero-order valence-electron chi connectivity index (χ0n) is 12.5. The highest BCUT2D eigenvalue weighted by Crippen LogP contribution is 2.58. The quantitative estimate of drug-likeness (QED) is 0.816. The van der Waals surface area contributed by atoms with Gasteiger partial charge in [0.05, 0.1) is 0 Å². The summed E-state index contributed by atoms with van der Waals surface area (Å²) in [6, 6.07) is -0.313. The lowest BCUT2D eigenvalue weighted by Crippen LogP contribution is -2.55. The first-order valence-electron chi connectivity index (χ1n) is 6.59. The summed E-state index contributed by atoms with van der Waals surface area (Å²) in [6.07, 6.45) is -4.63. The van der Waals surface area contributed by atoms with E-state index in [4.69, 9.17) is 0 Å². The van der Waals surface area contributed by atoms with Gasteiger partial charge in [0.25, 0.3) is 0 Å². The van der Waals surface area contributed by atoms with Crippen LogP contribution in [-0.4, -0.2) is 18.1 Å². The molecule has 1 aliphatic carbocycles. The molecule has 0 aromatic carbocycles. The maximum atomic E-state index is 12.9. The highest BCUT2D eigenvalue weighted by molar-refractivity contribution is 5.86. The minimum atomic E-state index is -4.45. The van der Waals surface area contributed by atoms with E-state index in [1.54, 1.807) is 0 Å². The molecule has 1 amide bonds. The van der Waals surface area contributed by atoms with Crippen LogP contribution in [0, 0.1) is 16.2 Å². The minimum absolute atomic E-state index is 0.0939. The zero-order valence-corrected chi connectivity index (χ0v) is 12.5. The number of alkyl halides is 3. The van der Waals surface area contributed by atoms with Crippen molar-refractivity contribution in [3.05, 3.63) is 0 Å². The summed E-state index contributed by atoms with van der Waals surface area (Å²) in [5.74, 6) is -0.866. The molecule has 0 saturated heterocycles. The summed E-state index contributed by atoms with van der Waals surface area (Å²) in [7, 11) is 0. The molecule has 0 unspecified atom stereocenters. The van der Waals surface area contributed by atoms with Gasteiger partial charge in [-0.1, -0.05) is 41.5 Å². The molecule has 1 rings (SSSR count). The molecule has 0 bridgehead atoms. The van der Waals surface area contributed by atoms with Gasteiger partial charge in [-0.15, -0.1) is 0 Å². The topological polar surface area (TPSA) is 29.1 Å². The van der Waals surface area contributed by atoms with Crippen molar-refractivity contribution < 1.29 is 18.0 Å². The summed E-state index contributed by atoms with van der Waals surface area (Å²) in [5, 5.41) is 2.65. The Hall–Kier alpha value is -0.740. The van der Waals surface area contributed by atoms with Crippen LogP contribution < -0.4 is 5.32 Å². The molecule has 2 nitrogen and oxygen atoms in total. The van der Waals surface area contributed by atoms with Crippen LogP contribution in [0.5, 0.6) is 0 Å². The van der Waals surface area contributed by atoms with Gasteiger partial charge in [-0.2, -0.15) is 13.2 Å². The van der Waals surface area contributed by atoms with Crippen molar-refractivity contribution in [1.29, 1.82) is 0 Å². The molecule has 0 atom stereocenters. The molecule has 19 heavy (non-hydrogen) atoms. The van der Waals surface area contributed by atoms with Gasteiger partial charge < -0.3 is 5.32 Å². The molecule has 0 aromatic heterocycles. The molecule has 1 N–H and O–H groups in total. The Morgan fingerprint density at radius 2 is 1.37 bits per heavy atom. The van der Waals surface area contributed by atoms with Gasteiger partial charge in [0, 0.05) is 6.04 Å². The van der Waals surface area contributed by atoms with E-state index >= 15 is 0 Å². The van der Waals surface area contributed by atoms with Crippen LogP contribution in [-0.2, 0) is 4.79 Å². The van der Waals surface area contributed by atoms with Crippen LogP contribution in [0.3, 0.4) is 0 Å². The third-order valence-electron chi connectivity index (χ3n) is 3.73. The van der Waals surface area contributed by atoms with Crippen molar-refractivity contribution in [2.24, 2.45) is 16.2 Å². The van der Waals surface area contributed by atoms with E-state index in [9.17, 15) is 18.0 Å². The monoisotopic (exact) mass is 279 g/mol. The maximum absolute atomic E-state index is 12.9. The molecule has 1 saturated carbocycles. The van der Waals surface area contributed by atoms with Gasteiger partial charge in [-0.25, -0.2) is 0 Å². The number of carbonyl (C=O) groups is 1. The maximum Gasteiger partial charge on any atom is 0.403 e. The average Bonchev–Trinajstić information content (AvgIpc) is 2.88. The summed E-state index contributed by atoms with van der Waals surface area (Å²) in [6.45, 7) is 11.6. The van der Waals surface area contributed by atoms with Crippen LogP contribution in [0.25, 0.3) is 0 Å². The second-order valence-corrected chi connectivity index (χ2v) is 7.72.